The number of phenols is 1. The van der Waals surface area contributed by atoms with E-state index in [1.54, 1.807) is 12.1 Å². The lowest BCUT2D eigenvalue weighted by molar-refractivity contribution is 0.475. The third-order valence-corrected chi connectivity index (χ3v) is 4.47. The smallest absolute Gasteiger partial charge is 0.278 e. The normalized spacial score (nSPS) is 11.8. The molecule has 0 aliphatic rings. The Kier molecular flexibility index (Phi) is 3.94. The summed E-state index contributed by atoms with van der Waals surface area (Å²) in [5.74, 6) is 0.0213. The predicted molar refractivity (Wildman–Crippen MR) is 87.8 cm³/mol. The lowest BCUT2D eigenvalue weighted by Crippen LogP contribution is -2.18. The van der Waals surface area contributed by atoms with E-state index in [4.69, 9.17) is 0 Å². The van der Waals surface area contributed by atoms with Gasteiger partial charge in [0.05, 0.1) is 6.21 Å². The summed E-state index contributed by atoms with van der Waals surface area (Å²) in [7, 11) is -3.79. The molecule has 3 rings (SSSR count). The summed E-state index contributed by atoms with van der Waals surface area (Å²) < 4.78 is 24.1. The van der Waals surface area contributed by atoms with Crippen LogP contribution in [0.15, 0.2) is 70.9 Å². The van der Waals surface area contributed by atoms with Crippen molar-refractivity contribution in [1.82, 2.24) is 9.82 Å². The second-order valence-corrected chi connectivity index (χ2v) is 6.42. The highest BCUT2D eigenvalue weighted by Gasteiger charge is 2.12. The third kappa shape index (κ3) is 3.14. The molecule has 0 radical (unpaired) electrons. The summed E-state index contributed by atoms with van der Waals surface area (Å²) in [4.78, 5) is 5.88. The van der Waals surface area contributed by atoms with E-state index in [-0.39, 0.29) is 10.6 Å². The Morgan fingerprint density at radius 2 is 1.91 bits per heavy atom. The van der Waals surface area contributed by atoms with E-state index in [0.29, 0.717) is 5.56 Å². The summed E-state index contributed by atoms with van der Waals surface area (Å²) in [6, 6.07) is 13.7. The van der Waals surface area contributed by atoms with Crippen LogP contribution in [0.2, 0.25) is 0 Å². The quantitative estimate of drug-likeness (QED) is 0.568. The Hall–Kier alpha value is -2.93. The molecule has 0 bridgehead atoms. The van der Waals surface area contributed by atoms with Crippen molar-refractivity contribution < 1.29 is 13.5 Å². The van der Waals surface area contributed by atoms with Gasteiger partial charge in [-0.3, -0.25) is 4.98 Å². The Labute approximate surface area is 133 Å². The minimum Gasteiger partial charge on any atom is -0.507 e. The lowest BCUT2D eigenvalue weighted by Gasteiger charge is -2.05. The highest BCUT2D eigenvalue weighted by Crippen LogP contribution is 2.25. The number of sulfonamides is 1. The molecule has 0 atom stereocenters. The molecule has 1 heterocycles. The standard InChI is InChI=1S/C16H13N3O3S/c20-16-8-7-12-4-1-2-6-14(12)15(16)11-18-19-23(21,22)13-5-3-9-17-10-13/h1-11,19-20H/b18-11+. The van der Waals surface area contributed by atoms with Gasteiger partial charge in [0.2, 0.25) is 0 Å². The molecule has 0 amide bonds. The number of phenolic OH excluding ortho intramolecular Hbond substituents is 1. The van der Waals surface area contributed by atoms with Gasteiger partial charge in [0.15, 0.2) is 0 Å². The molecule has 0 aliphatic heterocycles. The highest BCUT2D eigenvalue weighted by molar-refractivity contribution is 7.89. The molecule has 0 unspecified atom stereocenters. The first-order chi connectivity index (χ1) is 11.1. The molecule has 116 valence electrons. The van der Waals surface area contributed by atoms with Crippen molar-refractivity contribution >= 4 is 27.0 Å². The van der Waals surface area contributed by atoms with Gasteiger partial charge >= 0.3 is 0 Å². The van der Waals surface area contributed by atoms with E-state index in [1.807, 2.05) is 24.3 Å². The van der Waals surface area contributed by atoms with Crippen LogP contribution in [0.5, 0.6) is 5.75 Å². The number of hydrogen-bond donors (Lipinski definition) is 2. The minimum atomic E-state index is -3.79. The number of rotatable bonds is 4. The average Bonchev–Trinajstić information content (AvgIpc) is 2.57. The van der Waals surface area contributed by atoms with Gasteiger partial charge in [-0.2, -0.15) is 13.5 Å². The molecular formula is C16H13N3O3S. The fourth-order valence-electron chi connectivity index (χ4n) is 2.14. The summed E-state index contributed by atoms with van der Waals surface area (Å²) in [6.07, 6.45) is 4.00. The number of fused-ring (bicyclic) bond motifs is 1. The molecule has 1 aromatic heterocycles. The van der Waals surface area contributed by atoms with Crippen LogP contribution in [-0.2, 0) is 10.0 Å². The minimum absolute atomic E-state index is 0.0132. The topological polar surface area (TPSA) is 91.7 Å². The number of hydrazone groups is 1. The van der Waals surface area contributed by atoms with E-state index in [2.05, 4.69) is 14.9 Å². The Balaban J connectivity index is 1.91. The number of nitrogens with one attached hydrogen (secondary N) is 1. The van der Waals surface area contributed by atoms with Gasteiger partial charge in [-0.1, -0.05) is 30.3 Å². The second-order valence-electron chi connectivity index (χ2n) is 4.76. The maximum atomic E-state index is 12.0. The van der Waals surface area contributed by atoms with Gasteiger partial charge < -0.3 is 5.11 Å². The van der Waals surface area contributed by atoms with E-state index in [0.717, 1.165) is 10.8 Å². The number of hydrogen-bond acceptors (Lipinski definition) is 5. The first kappa shape index (κ1) is 15.0. The maximum absolute atomic E-state index is 12.0. The zero-order valence-electron chi connectivity index (χ0n) is 11.9. The van der Waals surface area contributed by atoms with Crippen LogP contribution in [0, 0.1) is 0 Å². The molecule has 0 aliphatic carbocycles. The van der Waals surface area contributed by atoms with Gasteiger partial charge in [0.25, 0.3) is 10.0 Å². The van der Waals surface area contributed by atoms with E-state index < -0.39 is 10.0 Å². The number of aromatic hydroxyl groups is 1. The fraction of sp³-hybridized carbons (Fsp3) is 0. The molecule has 0 spiro atoms. The van der Waals surface area contributed by atoms with Gasteiger partial charge in [-0.25, -0.2) is 4.83 Å². The summed E-state index contributed by atoms with van der Waals surface area (Å²) in [5, 5.41) is 15.4. The zero-order valence-corrected chi connectivity index (χ0v) is 12.7. The molecule has 0 fully saturated rings. The highest BCUT2D eigenvalue weighted by atomic mass is 32.2. The van der Waals surface area contributed by atoms with E-state index >= 15 is 0 Å². The van der Waals surface area contributed by atoms with Gasteiger partial charge in [0, 0.05) is 18.0 Å². The third-order valence-electron chi connectivity index (χ3n) is 3.26. The van der Waals surface area contributed by atoms with Crippen LogP contribution < -0.4 is 4.83 Å². The fourth-order valence-corrected chi connectivity index (χ4v) is 2.89. The summed E-state index contributed by atoms with van der Waals surface area (Å²) in [6.45, 7) is 0. The van der Waals surface area contributed by atoms with Gasteiger partial charge in [-0.15, -0.1) is 0 Å². The summed E-state index contributed by atoms with van der Waals surface area (Å²) >= 11 is 0. The SMILES string of the molecule is O=S(=O)(N/N=C/c1c(O)ccc2ccccc12)c1cccnc1. The van der Waals surface area contributed by atoms with Crippen LogP contribution in [0.3, 0.4) is 0 Å². The predicted octanol–water partition coefficient (Wildman–Crippen LogP) is 2.25. The molecule has 7 heteroatoms. The molecule has 0 saturated carbocycles. The largest absolute Gasteiger partial charge is 0.507 e. The molecule has 6 nitrogen and oxygen atoms in total. The van der Waals surface area contributed by atoms with Crippen molar-refractivity contribution in [1.29, 1.82) is 0 Å². The van der Waals surface area contributed by atoms with Crippen LogP contribution in [-0.4, -0.2) is 24.7 Å². The van der Waals surface area contributed by atoms with Crippen molar-refractivity contribution in [2.24, 2.45) is 5.10 Å². The lowest BCUT2D eigenvalue weighted by atomic mass is 10.0. The van der Waals surface area contributed by atoms with Crippen molar-refractivity contribution in [2.45, 2.75) is 4.90 Å². The number of aromatic nitrogens is 1. The molecule has 0 saturated heterocycles. The average molecular weight is 327 g/mol. The molecule has 23 heavy (non-hydrogen) atoms. The van der Waals surface area contributed by atoms with Crippen molar-refractivity contribution in [3.05, 3.63) is 66.5 Å². The van der Waals surface area contributed by atoms with E-state index in [1.165, 1.54) is 30.7 Å². The van der Waals surface area contributed by atoms with Crippen molar-refractivity contribution in [3.63, 3.8) is 0 Å². The zero-order chi connectivity index (χ0) is 16.3. The maximum Gasteiger partial charge on any atom is 0.278 e. The van der Waals surface area contributed by atoms with Crippen LogP contribution in [0.25, 0.3) is 10.8 Å². The molecule has 2 N–H and O–H groups in total. The first-order valence-corrected chi connectivity index (χ1v) is 8.22. The second kappa shape index (κ2) is 6.05. The Bertz CT molecular complexity index is 970. The summed E-state index contributed by atoms with van der Waals surface area (Å²) in [5.41, 5.74) is 0.442. The van der Waals surface area contributed by atoms with E-state index in [9.17, 15) is 13.5 Å². The van der Waals surface area contributed by atoms with Crippen LogP contribution >= 0.6 is 0 Å². The number of pyridine rings is 1. The molecule has 3 aromatic rings. The van der Waals surface area contributed by atoms with Crippen LogP contribution in [0.1, 0.15) is 5.56 Å². The molecule has 2 aromatic carbocycles. The van der Waals surface area contributed by atoms with Gasteiger partial charge in [-0.05, 0) is 29.0 Å². The molecular weight excluding hydrogens is 314 g/mol. The van der Waals surface area contributed by atoms with Gasteiger partial charge in [0.1, 0.15) is 10.6 Å². The Morgan fingerprint density at radius 1 is 1.09 bits per heavy atom. The number of benzene rings is 2. The van der Waals surface area contributed by atoms with Crippen molar-refractivity contribution in [2.75, 3.05) is 0 Å². The van der Waals surface area contributed by atoms with Crippen LogP contribution in [0.4, 0.5) is 0 Å². The monoisotopic (exact) mass is 327 g/mol. The first-order valence-electron chi connectivity index (χ1n) is 6.73. The number of nitrogens with zero attached hydrogens (tertiary/aromatic N) is 2. The van der Waals surface area contributed by atoms with Crippen molar-refractivity contribution in [3.8, 4) is 5.75 Å². The Morgan fingerprint density at radius 3 is 2.70 bits per heavy atom.